The third-order valence-electron chi connectivity index (χ3n) is 5.46. The lowest BCUT2D eigenvalue weighted by molar-refractivity contribution is -0.142. The molecule has 0 aliphatic heterocycles. The van der Waals surface area contributed by atoms with E-state index in [2.05, 4.69) is 16.0 Å². The number of hydrogen-bond acceptors (Lipinski definition) is 5. The molecule has 0 spiro atoms. The van der Waals surface area contributed by atoms with Gasteiger partial charge in [0.05, 0.1) is 0 Å². The van der Waals surface area contributed by atoms with Crippen LogP contribution in [0.2, 0.25) is 0 Å². The number of ketones is 1. The van der Waals surface area contributed by atoms with Gasteiger partial charge in [0.25, 0.3) is 0 Å². The molecule has 0 unspecified atom stereocenters. The Labute approximate surface area is 210 Å². The molecule has 9 nitrogen and oxygen atoms in total. The van der Waals surface area contributed by atoms with Crippen molar-refractivity contribution in [3.05, 3.63) is 71.3 Å². The van der Waals surface area contributed by atoms with Crippen LogP contribution in [0.4, 0.5) is 0 Å². The molecule has 2 rings (SSSR count). The molecule has 0 bridgehead atoms. The first-order valence-corrected chi connectivity index (χ1v) is 11.8. The van der Waals surface area contributed by atoms with Crippen molar-refractivity contribution in [2.75, 3.05) is 0 Å². The van der Waals surface area contributed by atoms with Crippen LogP contribution in [0.3, 0.4) is 0 Å². The van der Waals surface area contributed by atoms with Gasteiger partial charge in [-0.2, -0.15) is 0 Å². The largest absolute Gasteiger partial charge is 0.480 e. The van der Waals surface area contributed by atoms with Crippen LogP contribution in [-0.2, 0) is 25.6 Å². The van der Waals surface area contributed by atoms with E-state index in [-0.39, 0.29) is 24.5 Å². The normalized spacial score (nSPS) is 13.2. The Hall–Kier alpha value is -4.01. The number of aliphatic carboxylic acids is 1. The van der Waals surface area contributed by atoms with Crippen molar-refractivity contribution in [1.29, 1.82) is 0 Å². The van der Waals surface area contributed by atoms with Crippen LogP contribution in [0.5, 0.6) is 0 Å². The van der Waals surface area contributed by atoms with Crippen LogP contribution in [0.1, 0.15) is 55.6 Å². The lowest BCUT2D eigenvalue weighted by atomic mass is 9.98. The highest BCUT2D eigenvalue weighted by Gasteiger charge is 2.28. The summed E-state index contributed by atoms with van der Waals surface area (Å²) >= 11 is 0. The quantitative estimate of drug-likeness (QED) is 0.332. The maximum Gasteiger partial charge on any atom is 0.326 e. The van der Waals surface area contributed by atoms with E-state index in [1.807, 2.05) is 19.9 Å². The molecule has 0 aromatic heterocycles. The van der Waals surface area contributed by atoms with Crippen LogP contribution < -0.4 is 16.0 Å². The SMILES string of the molecule is CC(=O)N[C@@H](C)C(=O)N[C@@H](Cc1ccc(C(=O)c2ccccc2)cc1)C(=O)N[C@@H](CC(C)C)C(=O)O. The van der Waals surface area contributed by atoms with Gasteiger partial charge < -0.3 is 21.1 Å². The maximum atomic E-state index is 13.1. The summed E-state index contributed by atoms with van der Waals surface area (Å²) in [6, 6.07) is 12.4. The van der Waals surface area contributed by atoms with Gasteiger partial charge in [0, 0.05) is 24.5 Å². The van der Waals surface area contributed by atoms with E-state index in [9.17, 15) is 29.1 Å². The van der Waals surface area contributed by atoms with Gasteiger partial charge in [-0.25, -0.2) is 4.79 Å². The molecule has 2 aromatic rings. The molecule has 3 amide bonds. The van der Waals surface area contributed by atoms with Gasteiger partial charge >= 0.3 is 5.97 Å². The number of carboxylic acids is 1. The number of amides is 3. The van der Waals surface area contributed by atoms with Gasteiger partial charge in [0.1, 0.15) is 18.1 Å². The van der Waals surface area contributed by atoms with Gasteiger partial charge in [-0.15, -0.1) is 0 Å². The summed E-state index contributed by atoms with van der Waals surface area (Å²) in [6.45, 7) is 6.44. The number of nitrogens with one attached hydrogen (secondary N) is 3. The van der Waals surface area contributed by atoms with Crippen LogP contribution >= 0.6 is 0 Å². The highest BCUT2D eigenvalue weighted by atomic mass is 16.4. The van der Waals surface area contributed by atoms with Crippen molar-refractivity contribution in [3.8, 4) is 0 Å². The Morgan fingerprint density at radius 3 is 1.83 bits per heavy atom. The average Bonchev–Trinajstić information content (AvgIpc) is 2.82. The molecule has 0 aliphatic carbocycles. The van der Waals surface area contributed by atoms with E-state index in [1.165, 1.54) is 13.8 Å². The molecule has 3 atom stereocenters. The van der Waals surface area contributed by atoms with Crippen molar-refractivity contribution in [3.63, 3.8) is 0 Å². The smallest absolute Gasteiger partial charge is 0.326 e. The van der Waals surface area contributed by atoms with E-state index >= 15 is 0 Å². The predicted molar refractivity (Wildman–Crippen MR) is 134 cm³/mol. The maximum absolute atomic E-state index is 13.1. The summed E-state index contributed by atoms with van der Waals surface area (Å²) in [7, 11) is 0. The highest BCUT2D eigenvalue weighted by Crippen LogP contribution is 2.13. The van der Waals surface area contributed by atoms with E-state index in [4.69, 9.17) is 0 Å². The summed E-state index contributed by atoms with van der Waals surface area (Å²) in [5, 5.41) is 17.1. The zero-order valence-corrected chi connectivity index (χ0v) is 20.9. The Morgan fingerprint density at radius 2 is 1.31 bits per heavy atom. The second-order valence-corrected chi connectivity index (χ2v) is 9.11. The standard InChI is InChI=1S/C27H33N3O6/c1-16(2)14-23(27(35)36)30-26(34)22(29-25(33)17(3)28-18(4)31)15-19-10-12-21(13-11-19)24(32)20-8-6-5-7-9-20/h5-13,16-17,22-23H,14-15H2,1-4H3,(H,28,31)(H,29,33)(H,30,34)(H,35,36)/t17-,22-,23-/m0/s1. The lowest BCUT2D eigenvalue weighted by Gasteiger charge is -2.24. The number of carbonyl (C=O) groups is 5. The minimum Gasteiger partial charge on any atom is -0.480 e. The van der Waals surface area contributed by atoms with Gasteiger partial charge in [0.2, 0.25) is 17.7 Å². The molecule has 0 radical (unpaired) electrons. The molecule has 9 heteroatoms. The van der Waals surface area contributed by atoms with E-state index in [0.717, 1.165) is 0 Å². The Bertz CT molecular complexity index is 1080. The molecule has 36 heavy (non-hydrogen) atoms. The summed E-state index contributed by atoms with van der Waals surface area (Å²) < 4.78 is 0. The first-order chi connectivity index (χ1) is 17.0. The van der Waals surface area contributed by atoms with Crippen molar-refractivity contribution >= 4 is 29.5 Å². The van der Waals surface area contributed by atoms with Crippen LogP contribution in [0.25, 0.3) is 0 Å². The molecule has 0 aliphatic rings. The van der Waals surface area contributed by atoms with Crippen molar-refractivity contribution in [2.24, 2.45) is 5.92 Å². The topological polar surface area (TPSA) is 142 Å². The first-order valence-electron chi connectivity index (χ1n) is 11.8. The summed E-state index contributed by atoms with van der Waals surface area (Å²) in [5.74, 6) is -2.94. The van der Waals surface area contributed by atoms with Crippen molar-refractivity contribution in [1.82, 2.24) is 16.0 Å². The molecular weight excluding hydrogens is 462 g/mol. The van der Waals surface area contributed by atoms with Crippen molar-refractivity contribution < 1.29 is 29.1 Å². The molecule has 4 N–H and O–H groups in total. The highest BCUT2D eigenvalue weighted by molar-refractivity contribution is 6.09. The summed E-state index contributed by atoms with van der Waals surface area (Å²) in [4.78, 5) is 61.3. The summed E-state index contributed by atoms with van der Waals surface area (Å²) in [6.07, 6.45) is 0.276. The van der Waals surface area contributed by atoms with E-state index in [0.29, 0.717) is 16.7 Å². The Morgan fingerprint density at radius 1 is 0.750 bits per heavy atom. The van der Waals surface area contributed by atoms with Crippen LogP contribution in [0.15, 0.2) is 54.6 Å². The van der Waals surface area contributed by atoms with E-state index in [1.54, 1.807) is 48.5 Å². The second-order valence-electron chi connectivity index (χ2n) is 9.11. The Kier molecular flexibility index (Phi) is 10.3. The minimum atomic E-state index is -1.17. The third-order valence-corrected chi connectivity index (χ3v) is 5.46. The lowest BCUT2D eigenvalue weighted by Crippen LogP contribution is -2.55. The second kappa shape index (κ2) is 13.2. The number of carboxylic acid groups (broad SMARTS) is 1. The summed E-state index contributed by atoms with van der Waals surface area (Å²) in [5.41, 5.74) is 1.67. The Balaban J connectivity index is 2.22. The number of carbonyl (C=O) groups excluding carboxylic acids is 4. The minimum absolute atomic E-state index is 0.0222. The predicted octanol–water partition coefficient (Wildman–Crippen LogP) is 2.09. The first kappa shape index (κ1) is 28.2. The number of benzene rings is 2. The average molecular weight is 496 g/mol. The molecule has 0 saturated heterocycles. The fraction of sp³-hybridized carbons (Fsp3) is 0.370. The molecule has 0 saturated carbocycles. The number of rotatable bonds is 12. The molecular formula is C27H33N3O6. The zero-order chi connectivity index (χ0) is 26.8. The molecule has 0 fully saturated rings. The van der Waals surface area contributed by atoms with Gasteiger partial charge in [0.15, 0.2) is 5.78 Å². The molecule has 2 aromatic carbocycles. The fourth-order valence-electron chi connectivity index (χ4n) is 3.63. The number of hydrogen-bond donors (Lipinski definition) is 4. The van der Waals surface area contributed by atoms with E-state index < -0.39 is 41.8 Å². The van der Waals surface area contributed by atoms with Crippen molar-refractivity contribution in [2.45, 2.75) is 58.7 Å². The molecule has 0 heterocycles. The zero-order valence-electron chi connectivity index (χ0n) is 20.9. The van der Waals surface area contributed by atoms with Crippen LogP contribution in [0, 0.1) is 5.92 Å². The van der Waals surface area contributed by atoms with Gasteiger partial charge in [-0.3, -0.25) is 19.2 Å². The van der Waals surface area contributed by atoms with Gasteiger partial charge in [-0.05, 0) is 24.8 Å². The molecule has 192 valence electrons. The van der Waals surface area contributed by atoms with Crippen LogP contribution in [-0.4, -0.2) is 52.7 Å². The third kappa shape index (κ3) is 8.65. The monoisotopic (exact) mass is 495 g/mol. The van der Waals surface area contributed by atoms with Gasteiger partial charge in [-0.1, -0.05) is 68.4 Å². The fourth-order valence-corrected chi connectivity index (χ4v) is 3.63.